The Balaban J connectivity index is 1.86. The van der Waals surface area contributed by atoms with E-state index in [1.165, 1.54) is 51.4 Å². The highest BCUT2D eigenvalue weighted by Gasteiger charge is 2.35. The van der Waals surface area contributed by atoms with Crippen molar-refractivity contribution in [2.45, 2.75) is 70.3 Å². The molecular formula is C16H30N2O. The van der Waals surface area contributed by atoms with E-state index in [4.69, 9.17) is 0 Å². The van der Waals surface area contributed by atoms with Crippen LogP contribution < -0.4 is 5.32 Å². The van der Waals surface area contributed by atoms with Crippen LogP contribution in [0.4, 0.5) is 0 Å². The number of nitrogens with zero attached hydrogens (tertiary/aromatic N) is 1. The van der Waals surface area contributed by atoms with E-state index in [1.54, 1.807) is 0 Å². The minimum atomic E-state index is 0.0954. The Kier molecular flexibility index (Phi) is 5.26. The Morgan fingerprint density at radius 3 is 2.68 bits per heavy atom. The lowest BCUT2D eigenvalue weighted by Crippen LogP contribution is -2.48. The summed E-state index contributed by atoms with van der Waals surface area (Å²) >= 11 is 0. The standard InChI is InChI=1S/C16H30N2O/c1-3-7-14-8-11-18(13-14)15(19)12-16(17-2)9-5-4-6-10-16/h14,17H,3-13H2,1-2H3. The van der Waals surface area contributed by atoms with E-state index in [0.717, 1.165) is 19.0 Å². The Morgan fingerprint density at radius 2 is 2.05 bits per heavy atom. The van der Waals surface area contributed by atoms with E-state index in [2.05, 4.69) is 17.1 Å². The van der Waals surface area contributed by atoms with Gasteiger partial charge in [0.2, 0.25) is 5.91 Å². The maximum Gasteiger partial charge on any atom is 0.224 e. The third kappa shape index (κ3) is 3.71. The van der Waals surface area contributed by atoms with Crippen molar-refractivity contribution >= 4 is 5.91 Å². The third-order valence-electron chi connectivity index (χ3n) is 5.17. The van der Waals surface area contributed by atoms with Gasteiger partial charge in [0, 0.05) is 25.0 Å². The van der Waals surface area contributed by atoms with Crippen LogP contribution in [-0.4, -0.2) is 36.5 Å². The van der Waals surface area contributed by atoms with Crippen molar-refractivity contribution in [1.29, 1.82) is 0 Å². The second-order valence-electron chi connectivity index (χ2n) is 6.55. The number of likely N-dealkylation sites (tertiary alicyclic amines) is 1. The normalized spacial score (nSPS) is 26.6. The molecule has 0 radical (unpaired) electrons. The van der Waals surface area contributed by atoms with Gasteiger partial charge in [-0.1, -0.05) is 32.6 Å². The van der Waals surface area contributed by atoms with Crippen molar-refractivity contribution in [2.24, 2.45) is 5.92 Å². The zero-order valence-corrected chi connectivity index (χ0v) is 12.7. The number of hydrogen-bond donors (Lipinski definition) is 1. The molecule has 2 aliphatic rings. The average molecular weight is 266 g/mol. The van der Waals surface area contributed by atoms with Crippen LogP contribution in [0.25, 0.3) is 0 Å². The zero-order valence-electron chi connectivity index (χ0n) is 12.7. The summed E-state index contributed by atoms with van der Waals surface area (Å²) in [5.41, 5.74) is 0.0954. The molecule has 1 amide bonds. The fourth-order valence-electron chi connectivity index (χ4n) is 3.85. The van der Waals surface area contributed by atoms with Gasteiger partial charge in [-0.2, -0.15) is 0 Å². The largest absolute Gasteiger partial charge is 0.342 e. The van der Waals surface area contributed by atoms with Gasteiger partial charge in [-0.3, -0.25) is 4.79 Å². The van der Waals surface area contributed by atoms with Gasteiger partial charge < -0.3 is 10.2 Å². The second kappa shape index (κ2) is 6.74. The van der Waals surface area contributed by atoms with Crippen LogP contribution >= 0.6 is 0 Å². The quantitative estimate of drug-likeness (QED) is 0.830. The molecule has 2 rings (SSSR count). The van der Waals surface area contributed by atoms with Gasteiger partial charge in [0.1, 0.15) is 0 Å². The van der Waals surface area contributed by atoms with E-state index in [9.17, 15) is 4.79 Å². The molecule has 0 aromatic heterocycles. The van der Waals surface area contributed by atoms with Gasteiger partial charge in [-0.15, -0.1) is 0 Å². The van der Waals surface area contributed by atoms with Crippen LogP contribution in [0.15, 0.2) is 0 Å². The molecular weight excluding hydrogens is 236 g/mol. The minimum absolute atomic E-state index is 0.0954. The lowest BCUT2D eigenvalue weighted by Gasteiger charge is -2.37. The molecule has 0 spiro atoms. The van der Waals surface area contributed by atoms with Crippen molar-refractivity contribution in [1.82, 2.24) is 10.2 Å². The number of rotatable bonds is 5. The van der Waals surface area contributed by atoms with Crippen molar-refractivity contribution in [3.05, 3.63) is 0 Å². The smallest absolute Gasteiger partial charge is 0.224 e. The summed E-state index contributed by atoms with van der Waals surface area (Å²) in [5.74, 6) is 1.14. The van der Waals surface area contributed by atoms with Gasteiger partial charge in [-0.05, 0) is 38.6 Å². The summed E-state index contributed by atoms with van der Waals surface area (Å²) in [6.07, 6.45) is 10.7. The van der Waals surface area contributed by atoms with E-state index in [1.807, 2.05) is 7.05 Å². The fraction of sp³-hybridized carbons (Fsp3) is 0.938. The van der Waals surface area contributed by atoms with Gasteiger partial charge in [0.25, 0.3) is 0 Å². The second-order valence-corrected chi connectivity index (χ2v) is 6.55. The minimum Gasteiger partial charge on any atom is -0.342 e. The van der Waals surface area contributed by atoms with Crippen LogP contribution in [0.2, 0.25) is 0 Å². The van der Waals surface area contributed by atoms with E-state index >= 15 is 0 Å². The number of nitrogens with one attached hydrogen (secondary N) is 1. The molecule has 1 saturated carbocycles. The number of amides is 1. The Bertz CT molecular complexity index is 297. The molecule has 0 bridgehead atoms. The number of hydrogen-bond acceptors (Lipinski definition) is 2. The van der Waals surface area contributed by atoms with Crippen LogP contribution in [0, 0.1) is 5.92 Å². The summed E-state index contributed by atoms with van der Waals surface area (Å²) in [6.45, 7) is 4.23. The molecule has 1 aliphatic carbocycles. The zero-order chi connectivity index (χ0) is 13.7. The predicted octanol–water partition coefficient (Wildman–Crippen LogP) is 2.95. The predicted molar refractivity (Wildman–Crippen MR) is 79.1 cm³/mol. The van der Waals surface area contributed by atoms with Crippen molar-refractivity contribution in [3.8, 4) is 0 Å². The van der Waals surface area contributed by atoms with E-state index < -0.39 is 0 Å². The van der Waals surface area contributed by atoms with E-state index in [0.29, 0.717) is 12.3 Å². The SMILES string of the molecule is CCCC1CCN(C(=O)CC2(NC)CCCCC2)C1. The molecule has 1 unspecified atom stereocenters. The topological polar surface area (TPSA) is 32.3 Å². The van der Waals surface area contributed by atoms with Gasteiger partial charge in [-0.25, -0.2) is 0 Å². The first-order valence-electron chi connectivity index (χ1n) is 8.16. The molecule has 3 heteroatoms. The Labute approximate surface area is 118 Å². The van der Waals surface area contributed by atoms with Crippen LogP contribution in [0.5, 0.6) is 0 Å². The average Bonchev–Trinajstić information content (AvgIpc) is 2.89. The molecule has 0 aromatic rings. The van der Waals surface area contributed by atoms with Gasteiger partial charge in [0.15, 0.2) is 0 Å². The maximum atomic E-state index is 12.5. The highest BCUT2D eigenvalue weighted by Crippen LogP contribution is 2.32. The summed E-state index contributed by atoms with van der Waals surface area (Å²) < 4.78 is 0. The molecule has 1 aliphatic heterocycles. The monoisotopic (exact) mass is 266 g/mol. The van der Waals surface area contributed by atoms with Gasteiger partial charge >= 0.3 is 0 Å². The fourth-order valence-corrected chi connectivity index (χ4v) is 3.85. The summed E-state index contributed by atoms with van der Waals surface area (Å²) in [7, 11) is 2.03. The first kappa shape index (κ1) is 14.8. The first-order chi connectivity index (χ1) is 9.19. The van der Waals surface area contributed by atoms with Crippen LogP contribution in [-0.2, 0) is 4.79 Å². The molecule has 1 atom stereocenters. The molecule has 1 heterocycles. The van der Waals surface area contributed by atoms with Crippen molar-refractivity contribution < 1.29 is 4.79 Å². The Morgan fingerprint density at radius 1 is 1.32 bits per heavy atom. The molecule has 0 aromatic carbocycles. The lowest BCUT2D eigenvalue weighted by atomic mass is 9.79. The van der Waals surface area contributed by atoms with Crippen LogP contribution in [0.3, 0.4) is 0 Å². The molecule has 2 fully saturated rings. The molecule has 1 saturated heterocycles. The molecule has 1 N–H and O–H groups in total. The van der Waals surface area contributed by atoms with E-state index in [-0.39, 0.29) is 5.54 Å². The maximum absolute atomic E-state index is 12.5. The molecule has 19 heavy (non-hydrogen) atoms. The summed E-state index contributed by atoms with van der Waals surface area (Å²) in [5, 5.41) is 3.46. The van der Waals surface area contributed by atoms with Crippen molar-refractivity contribution in [3.63, 3.8) is 0 Å². The van der Waals surface area contributed by atoms with Crippen molar-refractivity contribution in [2.75, 3.05) is 20.1 Å². The number of carbonyl (C=O) groups excluding carboxylic acids is 1. The highest BCUT2D eigenvalue weighted by molar-refractivity contribution is 5.77. The lowest BCUT2D eigenvalue weighted by molar-refractivity contribution is -0.132. The first-order valence-corrected chi connectivity index (χ1v) is 8.16. The number of carbonyl (C=O) groups is 1. The summed E-state index contributed by atoms with van der Waals surface area (Å²) in [4.78, 5) is 14.6. The summed E-state index contributed by atoms with van der Waals surface area (Å²) in [6, 6.07) is 0. The third-order valence-corrected chi connectivity index (χ3v) is 5.17. The highest BCUT2D eigenvalue weighted by atomic mass is 16.2. The van der Waals surface area contributed by atoms with Gasteiger partial charge in [0.05, 0.1) is 0 Å². The molecule has 3 nitrogen and oxygen atoms in total. The Hall–Kier alpha value is -0.570. The molecule has 110 valence electrons. The van der Waals surface area contributed by atoms with Crippen LogP contribution in [0.1, 0.15) is 64.7 Å².